The van der Waals surface area contributed by atoms with E-state index in [2.05, 4.69) is 5.32 Å². The van der Waals surface area contributed by atoms with Crippen molar-refractivity contribution in [2.75, 3.05) is 5.32 Å². The topological polar surface area (TPSA) is 196 Å². The molecular formula is C16H21N3O8. The summed E-state index contributed by atoms with van der Waals surface area (Å²) in [5.41, 5.74) is 2.65. The van der Waals surface area contributed by atoms with Crippen LogP contribution in [0.1, 0.15) is 24.8 Å². The minimum absolute atomic E-state index is 0.000709. The number of rotatable bonds is 6. The molecule has 0 aromatic heterocycles. The number of nitro groups is 1. The Morgan fingerprint density at radius 3 is 2.37 bits per heavy atom. The molecule has 1 aliphatic rings. The van der Waals surface area contributed by atoms with Crippen LogP contribution in [0.15, 0.2) is 18.2 Å². The van der Waals surface area contributed by atoms with Crippen LogP contribution in [0.25, 0.3) is 0 Å². The third-order valence-corrected chi connectivity index (χ3v) is 4.47. The minimum atomic E-state index is -2.21. The molecule has 11 heteroatoms. The number of aryl methyl sites for hydroxylation is 1. The molecule has 2 rings (SSSR count). The van der Waals surface area contributed by atoms with E-state index >= 15 is 0 Å². The Labute approximate surface area is 153 Å². The van der Waals surface area contributed by atoms with Crippen molar-refractivity contribution >= 4 is 23.2 Å². The molecule has 1 aromatic rings. The number of aliphatic hydroxyl groups is 4. The van der Waals surface area contributed by atoms with Crippen LogP contribution >= 0.6 is 0 Å². The lowest BCUT2D eigenvalue weighted by Gasteiger charge is -2.39. The fraction of sp³-hybridized carbons (Fsp3) is 0.500. The molecule has 7 N–H and O–H groups in total. The van der Waals surface area contributed by atoms with Gasteiger partial charge in [-0.1, -0.05) is 6.07 Å². The third kappa shape index (κ3) is 4.77. The van der Waals surface area contributed by atoms with Gasteiger partial charge in [0, 0.05) is 25.3 Å². The van der Waals surface area contributed by atoms with Gasteiger partial charge in [-0.15, -0.1) is 0 Å². The summed E-state index contributed by atoms with van der Waals surface area (Å²) in [6.45, 7) is 0. The van der Waals surface area contributed by atoms with Gasteiger partial charge >= 0.3 is 0 Å². The summed E-state index contributed by atoms with van der Waals surface area (Å²) in [5.74, 6) is -1.62. The average molecular weight is 383 g/mol. The van der Waals surface area contributed by atoms with Gasteiger partial charge < -0.3 is 31.5 Å². The van der Waals surface area contributed by atoms with Crippen molar-refractivity contribution in [3.8, 4) is 0 Å². The summed E-state index contributed by atoms with van der Waals surface area (Å²) in [4.78, 5) is 33.8. The van der Waals surface area contributed by atoms with E-state index in [9.17, 15) is 40.1 Å². The molecule has 1 aromatic carbocycles. The molecule has 148 valence electrons. The molecule has 0 radical (unpaired) electrons. The number of anilines is 1. The predicted octanol–water partition coefficient (Wildman–Crippen LogP) is -1.44. The highest BCUT2D eigenvalue weighted by Crippen LogP contribution is 2.32. The normalized spacial score (nSPS) is 27.8. The monoisotopic (exact) mass is 383 g/mol. The molecule has 0 unspecified atom stereocenters. The van der Waals surface area contributed by atoms with E-state index in [1.54, 1.807) is 0 Å². The Morgan fingerprint density at radius 2 is 1.85 bits per heavy atom. The molecule has 2 atom stereocenters. The van der Waals surface area contributed by atoms with Gasteiger partial charge in [0.2, 0.25) is 5.91 Å². The number of hydrogen-bond donors (Lipinski definition) is 6. The summed E-state index contributed by atoms with van der Waals surface area (Å²) in [6, 6.07) is 3.89. The minimum Gasteiger partial charge on any atom is -0.390 e. The Morgan fingerprint density at radius 1 is 1.26 bits per heavy atom. The smallest absolute Gasteiger partial charge is 0.293 e. The molecule has 1 aliphatic carbocycles. The first-order valence-electron chi connectivity index (χ1n) is 8.17. The van der Waals surface area contributed by atoms with Crippen molar-refractivity contribution in [2.24, 2.45) is 5.73 Å². The maximum atomic E-state index is 12.4. The van der Waals surface area contributed by atoms with Crippen molar-refractivity contribution in [3.05, 3.63) is 33.9 Å². The maximum absolute atomic E-state index is 12.4. The van der Waals surface area contributed by atoms with Crippen LogP contribution in [0.2, 0.25) is 0 Å². The summed E-state index contributed by atoms with van der Waals surface area (Å²) in [7, 11) is 0. The van der Waals surface area contributed by atoms with E-state index in [4.69, 9.17) is 5.73 Å². The number of aliphatic hydroxyl groups excluding tert-OH is 3. The molecule has 0 saturated heterocycles. The Hall–Kier alpha value is -2.60. The molecule has 1 saturated carbocycles. The van der Waals surface area contributed by atoms with Gasteiger partial charge in [0.15, 0.2) is 0 Å². The van der Waals surface area contributed by atoms with Crippen molar-refractivity contribution in [3.63, 3.8) is 0 Å². The second-order valence-corrected chi connectivity index (χ2v) is 6.59. The fourth-order valence-electron chi connectivity index (χ4n) is 2.95. The third-order valence-electron chi connectivity index (χ3n) is 4.47. The van der Waals surface area contributed by atoms with E-state index in [0.717, 1.165) is 0 Å². The van der Waals surface area contributed by atoms with Crippen molar-refractivity contribution in [1.29, 1.82) is 0 Å². The number of benzene rings is 1. The summed E-state index contributed by atoms with van der Waals surface area (Å²) >= 11 is 0. The number of nitrogens with one attached hydrogen (secondary N) is 1. The Balaban J connectivity index is 2.21. The standard InChI is InChI=1S/C16H21N3O8/c17-13(22)4-2-8-1-3-9(10(5-8)19(26)27)18-15(24)16(25)6-11(20)14(23)12(21)7-16/h1,3,5,11-12,14,20-21,23,25H,2,4,6-7H2,(H2,17,22)(H,18,24)/t11-,12-,14?,16?/m1/s1. The van der Waals surface area contributed by atoms with E-state index < -0.39 is 59.2 Å². The summed E-state index contributed by atoms with van der Waals surface area (Å²) in [5, 5.41) is 52.8. The molecule has 2 amide bonds. The Kier molecular flexibility index (Phi) is 6.11. The highest BCUT2D eigenvalue weighted by atomic mass is 16.6. The molecule has 11 nitrogen and oxygen atoms in total. The largest absolute Gasteiger partial charge is 0.390 e. The van der Waals surface area contributed by atoms with Crippen LogP contribution in [0.4, 0.5) is 11.4 Å². The highest BCUT2D eigenvalue weighted by molar-refractivity contribution is 5.99. The predicted molar refractivity (Wildman–Crippen MR) is 91.4 cm³/mol. The number of carbonyl (C=O) groups excluding carboxylic acids is 2. The average Bonchev–Trinajstić information content (AvgIpc) is 2.58. The van der Waals surface area contributed by atoms with Gasteiger partial charge in [-0.05, 0) is 18.1 Å². The van der Waals surface area contributed by atoms with Crippen LogP contribution in [-0.4, -0.2) is 61.1 Å². The van der Waals surface area contributed by atoms with Crippen molar-refractivity contribution in [2.45, 2.75) is 49.6 Å². The van der Waals surface area contributed by atoms with Crippen LogP contribution < -0.4 is 11.1 Å². The fourth-order valence-corrected chi connectivity index (χ4v) is 2.95. The zero-order chi connectivity index (χ0) is 20.4. The molecule has 0 aliphatic heterocycles. The van der Waals surface area contributed by atoms with Gasteiger partial charge in [-0.2, -0.15) is 0 Å². The van der Waals surface area contributed by atoms with Gasteiger partial charge in [-0.3, -0.25) is 19.7 Å². The van der Waals surface area contributed by atoms with E-state index in [1.165, 1.54) is 18.2 Å². The number of primary amides is 1. The van der Waals surface area contributed by atoms with Crippen LogP contribution in [0, 0.1) is 10.1 Å². The van der Waals surface area contributed by atoms with Crippen LogP contribution in [-0.2, 0) is 16.0 Å². The molecule has 27 heavy (non-hydrogen) atoms. The molecule has 0 bridgehead atoms. The lowest BCUT2D eigenvalue weighted by atomic mass is 9.79. The number of hydrogen-bond acceptors (Lipinski definition) is 8. The van der Waals surface area contributed by atoms with Crippen molar-refractivity contribution in [1.82, 2.24) is 0 Å². The highest BCUT2D eigenvalue weighted by Gasteiger charge is 2.48. The lowest BCUT2D eigenvalue weighted by molar-refractivity contribution is -0.384. The van der Waals surface area contributed by atoms with E-state index in [-0.39, 0.29) is 18.5 Å². The first-order chi connectivity index (χ1) is 12.5. The second-order valence-electron chi connectivity index (χ2n) is 6.59. The quantitative estimate of drug-likeness (QED) is 0.253. The molecule has 0 heterocycles. The summed E-state index contributed by atoms with van der Waals surface area (Å²) in [6.07, 6.45) is -5.46. The maximum Gasteiger partial charge on any atom is 0.293 e. The van der Waals surface area contributed by atoms with E-state index in [1.807, 2.05) is 0 Å². The van der Waals surface area contributed by atoms with Gasteiger partial charge in [0.05, 0.1) is 17.1 Å². The Bertz CT molecular complexity index is 741. The molecule has 0 spiro atoms. The van der Waals surface area contributed by atoms with Crippen LogP contribution in [0.5, 0.6) is 0 Å². The number of amides is 2. The first kappa shape index (κ1) is 20.7. The van der Waals surface area contributed by atoms with Crippen LogP contribution in [0.3, 0.4) is 0 Å². The zero-order valence-electron chi connectivity index (χ0n) is 14.2. The number of carbonyl (C=O) groups is 2. The SMILES string of the molecule is NC(=O)CCc1ccc(NC(=O)C2(O)C[C@@H](O)C(O)[C@H](O)C2)c([N+](=O)[O-])c1. The molecule has 1 fully saturated rings. The van der Waals surface area contributed by atoms with E-state index in [0.29, 0.717) is 5.56 Å². The second kappa shape index (κ2) is 7.96. The van der Waals surface area contributed by atoms with Crippen molar-refractivity contribution < 1.29 is 34.9 Å². The number of nitro benzene ring substituents is 1. The molecular weight excluding hydrogens is 362 g/mol. The van der Waals surface area contributed by atoms with Gasteiger partial charge in [0.25, 0.3) is 11.6 Å². The number of nitrogens with zero attached hydrogens (tertiary/aromatic N) is 1. The van der Waals surface area contributed by atoms with Gasteiger partial charge in [0.1, 0.15) is 17.4 Å². The van der Waals surface area contributed by atoms with Gasteiger partial charge in [-0.25, -0.2) is 0 Å². The zero-order valence-corrected chi connectivity index (χ0v) is 14.2. The number of nitrogens with two attached hydrogens (primary N) is 1. The summed E-state index contributed by atoms with van der Waals surface area (Å²) < 4.78 is 0. The first-order valence-corrected chi connectivity index (χ1v) is 8.17. The lowest BCUT2D eigenvalue weighted by Crippen LogP contribution is -2.57.